The normalized spacial score (nSPS) is 18.9. The molecular weight excluding hydrogens is 574 g/mol. The van der Waals surface area contributed by atoms with E-state index in [0.29, 0.717) is 6.42 Å². The van der Waals surface area contributed by atoms with Crippen LogP contribution in [0, 0.1) is 5.92 Å². The second-order valence-electron chi connectivity index (χ2n) is 9.36. The summed E-state index contributed by atoms with van der Waals surface area (Å²) in [7, 11) is -1.62. The summed E-state index contributed by atoms with van der Waals surface area (Å²) in [6.45, 7) is 4.90. The van der Waals surface area contributed by atoms with E-state index in [-0.39, 0.29) is 52.6 Å². The zero-order valence-electron chi connectivity index (χ0n) is 22.3. The van der Waals surface area contributed by atoms with E-state index in [0.717, 1.165) is 0 Å². The predicted octanol–water partition coefficient (Wildman–Crippen LogP) is 3.57. The van der Waals surface area contributed by atoms with Crippen molar-refractivity contribution in [2.24, 2.45) is 5.92 Å². The summed E-state index contributed by atoms with van der Waals surface area (Å²) in [6.07, 6.45) is 0.455. The van der Waals surface area contributed by atoms with Gasteiger partial charge < -0.3 is 14.2 Å². The monoisotopic (exact) mass is 602 g/mol. The summed E-state index contributed by atoms with van der Waals surface area (Å²) >= 11 is 5.91. The van der Waals surface area contributed by atoms with Crippen LogP contribution in [0.15, 0.2) is 18.7 Å². The van der Waals surface area contributed by atoms with E-state index in [2.05, 4.69) is 34.9 Å². The Morgan fingerprint density at radius 2 is 1.65 bits per heavy atom. The van der Waals surface area contributed by atoms with Gasteiger partial charge in [-0.25, -0.2) is 27.2 Å². The number of nitrogens with one attached hydrogen (secondary N) is 1. The van der Waals surface area contributed by atoms with Crippen LogP contribution in [0.25, 0.3) is 5.69 Å². The molecule has 1 fully saturated rings. The number of alkyl halides is 2. The van der Waals surface area contributed by atoms with Gasteiger partial charge in [-0.3, -0.25) is 9.29 Å². The van der Waals surface area contributed by atoms with Crippen molar-refractivity contribution in [3.63, 3.8) is 0 Å². The average Bonchev–Trinajstić information content (AvgIpc) is 3.26. The van der Waals surface area contributed by atoms with Crippen LogP contribution in [0.1, 0.15) is 57.3 Å². The van der Waals surface area contributed by atoms with Gasteiger partial charge in [0, 0.05) is 24.2 Å². The van der Waals surface area contributed by atoms with E-state index in [4.69, 9.17) is 25.8 Å². The Balaban J connectivity index is 1.80. The minimum absolute atomic E-state index is 0.00935. The number of nitrogens with zero attached hydrogens (tertiary/aromatic N) is 7. The van der Waals surface area contributed by atoms with Crippen molar-refractivity contribution >= 4 is 27.6 Å². The van der Waals surface area contributed by atoms with E-state index in [1.165, 1.54) is 44.4 Å². The number of anilines is 1. The molecule has 17 heteroatoms. The lowest BCUT2D eigenvalue weighted by atomic mass is 9.73. The van der Waals surface area contributed by atoms with Crippen LogP contribution in [0.2, 0.25) is 5.02 Å². The lowest BCUT2D eigenvalue weighted by Crippen LogP contribution is -2.35. The molecule has 1 N–H and O–H groups in total. The molecule has 0 saturated heterocycles. The molecule has 2 unspecified atom stereocenters. The maximum atomic E-state index is 13.7. The van der Waals surface area contributed by atoms with Gasteiger partial charge in [-0.05, 0) is 33.6 Å². The molecule has 0 bridgehead atoms. The smallest absolute Gasteiger partial charge is 0.245 e. The highest BCUT2D eigenvalue weighted by Crippen LogP contribution is 2.47. The number of halogens is 3. The minimum Gasteiger partial charge on any atom is -0.479 e. The van der Waals surface area contributed by atoms with Gasteiger partial charge in [0.15, 0.2) is 11.5 Å². The van der Waals surface area contributed by atoms with E-state index in [1.54, 1.807) is 13.8 Å². The molecule has 4 rings (SSSR count). The molecule has 3 heterocycles. The fourth-order valence-electron chi connectivity index (χ4n) is 4.34. The first kappa shape index (κ1) is 29.7. The zero-order chi connectivity index (χ0) is 29.2. The minimum atomic E-state index is -4.30. The third-order valence-corrected chi connectivity index (χ3v) is 8.39. The highest BCUT2D eigenvalue weighted by Gasteiger charge is 2.44. The first-order valence-electron chi connectivity index (χ1n) is 12.3. The Morgan fingerprint density at radius 1 is 1.02 bits per heavy atom. The van der Waals surface area contributed by atoms with Crippen molar-refractivity contribution in [2.45, 2.75) is 63.4 Å². The number of rotatable bonds is 12. The summed E-state index contributed by atoms with van der Waals surface area (Å²) in [6, 6.07) is 0. The molecule has 0 aromatic carbocycles. The largest absolute Gasteiger partial charge is 0.479 e. The third-order valence-electron chi connectivity index (χ3n) is 6.50. The van der Waals surface area contributed by atoms with E-state index in [1.807, 2.05) is 0 Å². The number of methoxy groups -OCH3 is 2. The Morgan fingerprint density at radius 3 is 2.15 bits per heavy atom. The maximum Gasteiger partial charge on any atom is 0.245 e. The van der Waals surface area contributed by atoms with Crippen molar-refractivity contribution in [3.8, 4) is 17.4 Å². The standard InChI is InChI=1S/C23H29ClF2N8O5S/c1-11(2)39-17(19-27-8-13(24)9-28-19)12(3)40(35,36)33-23-32-31-20(15-7-6-14(15)18(25)26)34(23)16-21(37-4)29-10-30-22(16)38-5/h8-12,14-15,17-18H,6-7H2,1-5H3,(H,32,33)/t12?,14-,15+,17?/m0/s1. The van der Waals surface area contributed by atoms with Gasteiger partial charge >= 0.3 is 0 Å². The molecule has 0 spiro atoms. The van der Waals surface area contributed by atoms with Crippen LogP contribution in [-0.4, -0.2) is 75.1 Å². The molecule has 1 saturated carbocycles. The molecule has 3 aromatic heterocycles. The van der Waals surface area contributed by atoms with Crippen molar-refractivity contribution in [2.75, 3.05) is 18.9 Å². The molecule has 40 heavy (non-hydrogen) atoms. The number of ether oxygens (including phenoxy) is 3. The molecule has 0 aliphatic heterocycles. The fraction of sp³-hybridized carbons (Fsp3) is 0.565. The second-order valence-corrected chi connectivity index (χ2v) is 11.8. The topological polar surface area (TPSA) is 156 Å². The summed E-state index contributed by atoms with van der Waals surface area (Å²) in [5.41, 5.74) is 0.0498. The van der Waals surface area contributed by atoms with Gasteiger partial charge in [0.05, 0.1) is 25.3 Å². The van der Waals surface area contributed by atoms with Crippen LogP contribution < -0.4 is 14.2 Å². The van der Waals surface area contributed by atoms with Crippen molar-refractivity contribution in [3.05, 3.63) is 35.4 Å². The molecule has 13 nitrogen and oxygen atoms in total. The predicted molar refractivity (Wildman–Crippen MR) is 140 cm³/mol. The number of hydrogen-bond donors (Lipinski definition) is 1. The van der Waals surface area contributed by atoms with Crippen LogP contribution in [-0.2, 0) is 14.8 Å². The highest BCUT2D eigenvalue weighted by molar-refractivity contribution is 7.93. The molecule has 0 radical (unpaired) electrons. The third kappa shape index (κ3) is 5.93. The van der Waals surface area contributed by atoms with E-state index >= 15 is 0 Å². The fourth-order valence-corrected chi connectivity index (χ4v) is 5.52. The van der Waals surface area contributed by atoms with Gasteiger partial charge in [0.1, 0.15) is 23.5 Å². The Labute approximate surface area is 234 Å². The highest BCUT2D eigenvalue weighted by atomic mass is 35.5. The molecule has 0 amide bonds. The van der Waals surface area contributed by atoms with Crippen molar-refractivity contribution in [1.29, 1.82) is 0 Å². The number of sulfonamides is 1. The summed E-state index contributed by atoms with van der Waals surface area (Å²) in [5.74, 6) is -1.82. The van der Waals surface area contributed by atoms with Crippen LogP contribution >= 0.6 is 11.6 Å². The first-order valence-corrected chi connectivity index (χ1v) is 14.2. The lowest BCUT2D eigenvalue weighted by Gasteiger charge is -2.35. The van der Waals surface area contributed by atoms with Gasteiger partial charge in [-0.1, -0.05) is 11.6 Å². The van der Waals surface area contributed by atoms with Crippen molar-refractivity contribution < 1.29 is 31.4 Å². The van der Waals surface area contributed by atoms with Gasteiger partial charge in [-0.2, -0.15) is 9.97 Å². The van der Waals surface area contributed by atoms with Gasteiger partial charge in [0.2, 0.25) is 34.2 Å². The van der Waals surface area contributed by atoms with Crippen LogP contribution in [0.4, 0.5) is 14.7 Å². The van der Waals surface area contributed by atoms with Crippen LogP contribution in [0.5, 0.6) is 11.8 Å². The number of hydrogen-bond acceptors (Lipinski definition) is 11. The van der Waals surface area contributed by atoms with Gasteiger partial charge in [0.25, 0.3) is 0 Å². The molecule has 218 valence electrons. The molecular formula is C23H29ClF2N8O5S. The zero-order valence-corrected chi connectivity index (χ0v) is 23.9. The molecule has 1 aliphatic carbocycles. The average molecular weight is 603 g/mol. The second kappa shape index (κ2) is 12.1. The molecule has 3 aromatic rings. The number of aromatic nitrogens is 7. The Kier molecular flexibility index (Phi) is 8.99. The summed E-state index contributed by atoms with van der Waals surface area (Å²) < 4.78 is 75.2. The maximum absolute atomic E-state index is 13.7. The molecule has 1 aliphatic rings. The van der Waals surface area contributed by atoms with Gasteiger partial charge in [-0.15, -0.1) is 10.2 Å². The van der Waals surface area contributed by atoms with E-state index in [9.17, 15) is 17.2 Å². The van der Waals surface area contributed by atoms with Crippen LogP contribution in [0.3, 0.4) is 0 Å². The Hall–Kier alpha value is -3.24. The summed E-state index contributed by atoms with van der Waals surface area (Å²) in [4.78, 5) is 16.4. The van der Waals surface area contributed by atoms with Crippen molar-refractivity contribution in [1.82, 2.24) is 34.7 Å². The quantitative estimate of drug-likeness (QED) is 0.323. The summed E-state index contributed by atoms with van der Waals surface area (Å²) in [5, 5.41) is 7.17. The van der Waals surface area contributed by atoms with E-state index < -0.39 is 39.6 Å². The first-order chi connectivity index (χ1) is 19.0. The SMILES string of the molecule is COc1ncnc(OC)c1-n1c(NS(=O)(=O)C(C)C(OC(C)C)c2ncc(Cl)cn2)nnc1[C@@H]1CC[C@@H]1C(F)F. The molecule has 4 atom stereocenters. The lowest BCUT2D eigenvalue weighted by molar-refractivity contribution is 0.00153. The Bertz CT molecular complexity index is 1400.